The minimum absolute atomic E-state index is 0.0297. The maximum Gasteiger partial charge on any atom is 0.0992 e. The summed E-state index contributed by atoms with van der Waals surface area (Å²) < 4.78 is 0. The average Bonchev–Trinajstić information content (AvgIpc) is 2.90. The van der Waals surface area contributed by atoms with Crippen molar-refractivity contribution in [2.45, 2.75) is 19.0 Å². The van der Waals surface area contributed by atoms with E-state index in [4.69, 9.17) is 5.26 Å². The summed E-state index contributed by atoms with van der Waals surface area (Å²) in [4.78, 5) is 1.31. The lowest BCUT2D eigenvalue weighted by Crippen LogP contribution is -2.34. The number of nitrogens with one attached hydrogen (secondary N) is 1. The fraction of sp³-hybridized carbons (Fsp3) is 0.545. The van der Waals surface area contributed by atoms with E-state index in [1.807, 2.05) is 11.8 Å². The first-order valence-electron chi connectivity index (χ1n) is 5.13. The first-order chi connectivity index (χ1) is 7.40. The van der Waals surface area contributed by atoms with Crippen LogP contribution in [-0.2, 0) is 6.54 Å². The third-order valence-corrected chi connectivity index (χ3v) is 4.72. The normalized spacial score (nSPS) is 22.5. The molecule has 4 heteroatoms. The van der Waals surface area contributed by atoms with Crippen LogP contribution in [-0.4, -0.2) is 17.5 Å². The van der Waals surface area contributed by atoms with Gasteiger partial charge in [0.25, 0.3) is 0 Å². The van der Waals surface area contributed by atoms with Gasteiger partial charge in [0.2, 0.25) is 0 Å². The Bertz CT molecular complexity index is 323. The predicted molar refractivity (Wildman–Crippen MR) is 66.0 cm³/mol. The zero-order valence-electron chi connectivity index (χ0n) is 8.48. The Labute approximate surface area is 98.7 Å². The third kappa shape index (κ3) is 2.97. The minimum Gasteiger partial charge on any atom is -0.297 e. The van der Waals surface area contributed by atoms with Crippen LogP contribution in [0.1, 0.15) is 11.3 Å². The summed E-state index contributed by atoms with van der Waals surface area (Å²) in [6.07, 6.45) is 1.18. The van der Waals surface area contributed by atoms with E-state index in [0.29, 0.717) is 5.92 Å². The highest BCUT2D eigenvalue weighted by Crippen LogP contribution is 2.26. The maximum atomic E-state index is 9.10. The summed E-state index contributed by atoms with van der Waals surface area (Å²) in [6.45, 7) is 0.830. The summed E-state index contributed by atoms with van der Waals surface area (Å²) in [7, 11) is 0. The molecule has 2 nitrogen and oxygen atoms in total. The number of hydrogen-bond acceptors (Lipinski definition) is 4. The molecule has 1 saturated heterocycles. The minimum atomic E-state index is 0.0297. The monoisotopic (exact) mass is 238 g/mol. The lowest BCUT2D eigenvalue weighted by molar-refractivity contribution is 0.450. The molecule has 2 atom stereocenters. The quantitative estimate of drug-likeness (QED) is 0.875. The van der Waals surface area contributed by atoms with Gasteiger partial charge in [-0.05, 0) is 35.3 Å². The SMILES string of the molecule is N#CC(NCc1cccs1)C1CCSC1. The molecule has 0 bridgehead atoms. The van der Waals surface area contributed by atoms with E-state index in [0.717, 1.165) is 12.3 Å². The summed E-state index contributed by atoms with van der Waals surface area (Å²) in [6, 6.07) is 6.57. The molecule has 1 N–H and O–H groups in total. The van der Waals surface area contributed by atoms with Gasteiger partial charge >= 0.3 is 0 Å². The van der Waals surface area contributed by atoms with Crippen molar-refractivity contribution in [1.29, 1.82) is 5.26 Å². The van der Waals surface area contributed by atoms with Crippen molar-refractivity contribution in [3.63, 3.8) is 0 Å². The standard InChI is InChI=1S/C11H14N2S2/c12-6-11(9-3-5-14-8-9)13-7-10-2-1-4-15-10/h1-2,4,9,11,13H,3,5,7-8H2. The topological polar surface area (TPSA) is 35.8 Å². The Morgan fingerprint density at radius 1 is 1.67 bits per heavy atom. The van der Waals surface area contributed by atoms with Crippen LogP contribution >= 0.6 is 23.1 Å². The number of rotatable bonds is 4. The summed E-state index contributed by atoms with van der Waals surface area (Å²) in [5, 5.41) is 14.5. The summed E-state index contributed by atoms with van der Waals surface area (Å²) in [5.74, 6) is 2.89. The van der Waals surface area contributed by atoms with Crippen molar-refractivity contribution in [1.82, 2.24) is 5.32 Å². The Kier molecular flexibility index (Phi) is 4.07. The molecule has 1 aromatic heterocycles. The largest absolute Gasteiger partial charge is 0.297 e. The van der Waals surface area contributed by atoms with Gasteiger partial charge in [-0.1, -0.05) is 6.07 Å². The fourth-order valence-corrected chi connectivity index (χ4v) is 3.71. The smallest absolute Gasteiger partial charge is 0.0992 e. The average molecular weight is 238 g/mol. The van der Waals surface area contributed by atoms with E-state index >= 15 is 0 Å². The van der Waals surface area contributed by atoms with Crippen LogP contribution in [0.2, 0.25) is 0 Å². The molecule has 2 heterocycles. The molecule has 15 heavy (non-hydrogen) atoms. The van der Waals surface area contributed by atoms with Crippen LogP contribution in [0.15, 0.2) is 17.5 Å². The Morgan fingerprint density at radius 3 is 3.20 bits per heavy atom. The van der Waals surface area contributed by atoms with Crippen LogP contribution in [0.25, 0.3) is 0 Å². The van der Waals surface area contributed by atoms with Crippen molar-refractivity contribution in [3.05, 3.63) is 22.4 Å². The lowest BCUT2D eigenvalue weighted by Gasteiger charge is -2.16. The van der Waals surface area contributed by atoms with E-state index in [2.05, 4.69) is 28.9 Å². The highest BCUT2D eigenvalue weighted by Gasteiger charge is 2.24. The molecule has 80 valence electrons. The Morgan fingerprint density at radius 2 is 2.60 bits per heavy atom. The van der Waals surface area contributed by atoms with Gasteiger partial charge < -0.3 is 0 Å². The first-order valence-corrected chi connectivity index (χ1v) is 7.16. The number of thioether (sulfide) groups is 1. The molecule has 2 unspecified atom stereocenters. The lowest BCUT2D eigenvalue weighted by atomic mass is 10.0. The number of hydrogen-bond donors (Lipinski definition) is 1. The van der Waals surface area contributed by atoms with Crippen molar-refractivity contribution in [2.75, 3.05) is 11.5 Å². The van der Waals surface area contributed by atoms with Gasteiger partial charge in [-0.3, -0.25) is 5.32 Å². The van der Waals surface area contributed by atoms with E-state index < -0.39 is 0 Å². The number of thiophene rings is 1. The third-order valence-electron chi connectivity index (χ3n) is 2.65. The molecule has 0 radical (unpaired) electrons. The van der Waals surface area contributed by atoms with Crippen LogP contribution in [0.4, 0.5) is 0 Å². The van der Waals surface area contributed by atoms with Gasteiger partial charge in [-0.25, -0.2) is 0 Å². The van der Waals surface area contributed by atoms with Crippen molar-refractivity contribution in [2.24, 2.45) is 5.92 Å². The van der Waals surface area contributed by atoms with Crippen molar-refractivity contribution >= 4 is 23.1 Å². The van der Waals surface area contributed by atoms with Crippen LogP contribution in [0, 0.1) is 17.2 Å². The second-order valence-electron chi connectivity index (χ2n) is 3.69. The second kappa shape index (κ2) is 5.55. The molecule has 0 saturated carbocycles. The van der Waals surface area contributed by atoms with E-state index in [-0.39, 0.29) is 6.04 Å². The van der Waals surface area contributed by atoms with Crippen LogP contribution in [0.3, 0.4) is 0 Å². The highest BCUT2D eigenvalue weighted by atomic mass is 32.2. The molecule has 1 aromatic rings. The van der Waals surface area contributed by atoms with Gasteiger partial charge in [0.1, 0.15) is 0 Å². The maximum absolute atomic E-state index is 9.10. The number of nitriles is 1. The molecular weight excluding hydrogens is 224 g/mol. The van der Waals surface area contributed by atoms with Gasteiger partial charge in [-0.15, -0.1) is 11.3 Å². The molecule has 2 rings (SSSR count). The molecule has 1 fully saturated rings. The summed E-state index contributed by atoms with van der Waals surface area (Å²) >= 11 is 3.70. The Balaban J connectivity index is 1.83. The van der Waals surface area contributed by atoms with Gasteiger partial charge in [0.05, 0.1) is 12.1 Å². The van der Waals surface area contributed by atoms with Crippen LogP contribution < -0.4 is 5.32 Å². The Hall–Kier alpha value is -0.500. The molecule has 0 aliphatic carbocycles. The number of nitrogens with zero attached hydrogens (tertiary/aromatic N) is 1. The van der Waals surface area contributed by atoms with Gasteiger partial charge in [0, 0.05) is 11.4 Å². The fourth-order valence-electron chi connectivity index (χ4n) is 1.76. The van der Waals surface area contributed by atoms with E-state index in [9.17, 15) is 0 Å². The molecule has 0 spiro atoms. The van der Waals surface area contributed by atoms with Crippen molar-refractivity contribution in [3.8, 4) is 6.07 Å². The summed E-state index contributed by atoms with van der Waals surface area (Å²) in [5.41, 5.74) is 0. The molecule has 1 aliphatic heterocycles. The van der Waals surface area contributed by atoms with Gasteiger partial charge in [0.15, 0.2) is 0 Å². The molecular formula is C11H14N2S2. The zero-order chi connectivity index (χ0) is 10.5. The van der Waals surface area contributed by atoms with Gasteiger partial charge in [-0.2, -0.15) is 17.0 Å². The van der Waals surface area contributed by atoms with Crippen LogP contribution in [0.5, 0.6) is 0 Å². The molecule has 0 aromatic carbocycles. The van der Waals surface area contributed by atoms with E-state index in [1.165, 1.54) is 17.1 Å². The van der Waals surface area contributed by atoms with E-state index in [1.54, 1.807) is 11.3 Å². The highest BCUT2D eigenvalue weighted by molar-refractivity contribution is 7.99. The molecule has 0 amide bonds. The molecule has 1 aliphatic rings. The van der Waals surface area contributed by atoms with Crippen molar-refractivity contribution < 1.29 is 0 Å². The first kappa shape index (κ1) is 11.0. The second-order valence-corrected chi connectivity index (χ2v) is 5.87. The zero-order valence-corrected chi connectivity index (χ0v) is 10.1. The predicted octanol–water partition coefficient (Wildman–Crippen LogP) is 2.48.